The van der Waals surface area contributed by atoms with Crippen LogP contribution in [-0.2, 0) is 4.74 Å². The molecule has 1 spiro atoms. The van der Waals surface area contributed by atoms with Crippen LogP contribution in [0, 0.1) is 0 Å². The van der Waals surface area contributed by atoms with Gasteiger partial charge in [-0.2, -0.15) is 0 Å². The van der Waals surface area contributed by atoms with Crippen LogP contribution in [-0.4, -0.2) is 46.2 Å². The lowest BCUT2D eigenvalue weighted by Crippen LogP contribution is -2.49. The average Bonchev–Trinajstić information content (AvgIpc) is 2.84. The van der Waals surface area contributed by atoms with Crippen LogP contribution in [0.3, 0.4) is 0 Å². The quantitative estimate of drug-likeness (QED) is 0.738. The maximum Gasteiger partial charge on any atom is 0.411 e. The summed E-state index contributed by atoms with van der Waals surface area (Å²) in [5.41, 5.74) is 0.446. The van der Waals surface area contributed by atoms with Gasteiger partial charge in [0.2, 0.25) is 0 Å². The van der Waals surface area contributed by atoms with E-state index in [1.807, 2.05) is 25.7 Å². The van der Waals surface area contributed by atoms with Crippen LogP contribution in [0.15, 0.2) is 12.3 Å². The van der Waals surface area contributed by atoms with E-state index in [-0.39, 0.29) is 11.6 Å². The Morgan fingerprint density at radius 2 is 1.95 bits per heavy atom. The largest absolute Gasteiger partial charge is 0.444 e. The second kappa shape index (κ2) is 4.97. The predicted molar refractivity (Wildman–Crippen MR) is 80.5 cm³/mol. The highest BCUT2D eigenvalue weighted by atomic mass is 16.6. The molecule has 0 aromatic heterocycles. The van der Waals surface area contributed by atoms with Gasteiger partial charge in [0.1, 0.15) is 5.60 Å². The Kier molecular flexibility index (Phi) is 3.78. The summed E-state index contributed by atoms with van der Waals surface area (Å²) < 4.78 is 5.58. The van der Waals surface area contributed by atoms with Crippen molar-refractivity contribution >= 4 is 6.09 Å². The first-order chi connectivity index (χ1) is 9.17. The average molecular weight is 280 g/mol. The summed E-state index contributed by atoms with van der Waals surface area (Å²) in [6, 6.07) is 0.433. The van der Waals surface area contributed by atoms with E-state index < -0.39 is 5.60 Å². The summed E-state index contributed by atoms with van der Waals surface area (Å²) in [7, 11) is 0. The first-order valence-electron chi connectivity index (χ1n) is 7.64. The van der Waals surface area contributed by atoms with Crippen LogP contribution in [0.4, 0.5) is 4.79 Å². The van der Waals surface area contributed by atoms with E-state index in [1.54, 1.807) is 0 Å². The Labute approximate surface area is 122 Å². The summed E-state index contributed by atoms with van der Waals surface area (Å²) in [4.78, 5) is 16.7. The van der Waals surface area contributed by atoms with Crippen LogP contribution >= 0.6 is 0 Å². The highest BCUT2D eigenvalue weighted by Crippen LogP contribution is 2.45. The molecule has 0 aromatic carbocycles. The van der Waals surface area contributed by atoms with Gasteiger partial charge >= 0.3 is 6.09 Å². The SMILES string of the molecule is C=C1N(C(C)C)CCC12CCCN2C(=O)OC(C)(C)C. The fraction of sp³-hybridized carbons (Fsp3) is 0.812. The highest BCUT2D eigenvalue weighted by molar-refractivity contribution is 5.70. The summed E-state index contributed by atoms with van der Waals surface area (Å²) in [5, 5.41) is 0. The Balaban J connectivity index is 2.19. The zero-order chi connectivity index (χ0) is 15.1. The van der Waals surface area contributed by atoms with Gasteiger partial charge in [-0.1, -0.05) is 6.58 Å². The van der Waals surface area contributed by atoms with Crippen LogP contribution in [0.2, 0.25) is 0 Å². The molecule has 2 saturated heterocycles. The first kappa shape index (κ1) is 15.2. The monoisotopic (exact) mass is 280 g/mol. The summed E-state index contributed by atoms with van der Waals surface area (Å²) in [6.07, 6.45) is 2.82. The molecule has 2 fully saturated rings. The molecule has 4 nitrogen and oxygen atoms in total. The van der Waals surface area contributed by atoms with Gasteiger partial charge in [0.15, 0.2) is 0 Å². The molecule has 1 atom stereocenters. The number of hydrogen-bond acceptors (Lipinski definition) is 3. The Morgan fingerprint density at radius 3 is 2.45 bits per heavy atom. The van der Waals surface area contributed by atoms with Crippen molar-refractivity contribution in [3.63, 3.8) is 0 Å². The van der Waals surface area contributed by atoms with Crippen molar-refractivity contribution in [1.82, 2.24) is 9.80 Å². The van der Waals surface area contributed by atoms with Crippen molar-refractivity contribution in [2.45, 2.75) is 71.1 Å². The molecule has 0 aliphatic carbocycles. The van der Waals surface area contributed by atoms with Gasteiger partial charge in [0.25, 0.3) is 0 Å². The molecule has 1 amide bonds. The minimum Gasteiger partial charge on any atom is -0.444 e. The summed E-state index contributed by atoms with van der Waals surface area (Å²) in [5.74, 6) is 0. The van der Waals surface area contributed by atoms with E-state index in [2.05, 4.69) is 25.3 Å². The Morgan fingerprint density at radius 1 is 1.30 bits per heavy atom. The zero-order valence-corrected chi connectivity index (χ0v) is 13.5. The topological polar surface area (TPSA) is 32.8 Å². The summed E-state index contributed by atoms with van der Waals surface area (Å²) in [6.45, 7) is 16.2. The van der Waals surface area contributed by atoms with Crippen LogP contribution in [0.1, 0.15) is 53.9 Å². The van der Waals surface area contributed by atoms with Gasteiger partial charge in [0, 0.05) is 24.8 Å². The van der Waals surface area contributed by atoms with Crippen molar-refractivity contribution < 1.29 is 9.53 Å². The lowest BCUT2D eigenvalue weighted by atomic mass is 9.92. The van der Waals surface area contributed by atoms with Gasteiger partial charge < -0.3 is 9.64 Å². The molecule has 0 saturated carbocycles. The number of amides is 1. The second-order valence-electron chi connectivity index (χ2n) is 7.25. The molecule has 0 radical (unpaired) electrons. The molecule has 2 aliphatic heterocycles. The van der Waals surface area contributed by atoms with E-state index in [0.29, 0.717) is 6.04 Å². The number of carbonyl (C=O) groups excluding carboxylic acids is 1. The van der Waals surface area contributed by atoms with Crippen molar-refractivity contribution in [1.29, 1.82) is 0 Å². The third-order valence-corrected chi connectivity index (χ3v) is 4.38. The van der Waals surface area contributed by atoms with E-state index in [0.717, 1.165) is 38.0 Å². The van der Waals surface area contributed by atoms with E-state index in [9.17, 15) is 4.79 Å². The minimum atomic E-state index is -0.446. The third-order valence-electron chi connectivity index (χ3n) is 4.38. The third kappa shape index (κ3) is 2.52. The van der Waals surface area contributed by atoms with Gasteiger partial charge in [-0.25, -0.2) is 4.79 Å². The van der Waals surface area contributed by atoms with Gasteiger partial charge in [-0.05, 0) is 53.9 Å². The molecule has 1 unspecified atom stereocenters. The van der Waals surface area contributed by atoms with E-state index in [4.69, 9.17) is 4.74 Å². The standard InChI is InChI=1S/C16H28N2O2/c1-12(2)17-11-9-16(13(17)3)8-7-10-18(16)14(19)20-15(4,5)6/h12H,3,7-11H2,1-2,4-6H3. The molecule has 0 bridgehead atoms. The van der Waals surface area contributed by atoms with Crippen molar-refractivity contribution in [3.8, 4) is 0 Å². The van der Waals surface area contributed by atoms with E-state index in [1.165, 1.54) is 0 Å². The summed E-state index contributed by atoms with van der Waals surface area (Å²) >= 11 is 0. The molecule has 0 N–H and O–H groups in total. The normalized spacial score (nSPS) is 27.0. The molecule has 20 heavy (non-hydrogen) atoms. The number of likely N-dealkylation sites (tertiary alicyclic amines) is 2. The fourth-order valence-corrected chi connectivity index (χ4v) is 3.44. The number of rotatable bonds is 1. The lowest BCUT2D eigenvalue weighted by Gasteiger charge is -2.38. The van der Waals surface area contributed by atoms with Crippen molar-refractivity contribution in [3.05, 3.63) is 12.3 Å². The molecule has 2 rings (SSSR count). The Bertz CT molecular complexity index is 411. The maximum absolute atomic E-state index is 12.5. The molecular weight excluding hydrogens is 252 g/mol. The van der Waals surface area contributed by atoms with Gasteiger partial charge in [-0.3, -0.25) is 4.90 Å². The predicted octanol–water partition coefficient (Wildman–Crippen LogP) is 3.38. The number of hydrogen-bond donors (Lipinski definition) is 0. The molecule has 4 heteroatoms. The smallest absolute Gasteiger partial charge is 0.411 e. The highest BCUT2D eigenvalue weighted by Gasteiger charge is 2.52. The minimum absolute atomic E-state index is 0.193. The number of carbonyl (C=O) groups is 1. The maximum atomic E-state index is 12.5. The fourth-order valence-electron chi connectivity index (χ4n) is 3.44. The van der Waals surface area contributed by atoms with Crippen molar-refractivity contribution in [2.75, 3.05) is 13.1 Å². The molecule has 114 valence electrons. The van der Waals surface area contributed by atoms with E-state index >= 15 is 0 Å². The first-order valence-corrected chi connectivity index (χ1v) is 7.64. The van der Waals surface area contributed by atoms with Crippen LogP contribution in [0.25, 0.3) is 0 Å². The Hall–Kier alpha value is -1.19. The lowest BCUT2D eigenvalue weighted by molar-refractivity contribution is 0.0135. The van der Waals surface area contributed by atoms with Crippen LogP contribution in [0.5, 0.6) is 0 Å². The number of ether oxygens (including phenoxy) is 1. The second-order valence-corrected chi connectivity index (χ2v) is 7.25. The van der Waals surface area contributed by atoms with Crippen LogP contribution < -0.4 is 0 Å². The van der Waals surface area contributed by atoms with Gasteiger partial charge in [0.05, 0.1) is 5.54 Å². The van der Waals surface area contributed by atoms with Gasteiger partial charge in [-0.15, -0.1) is 0 Å². The molecule has 0 aromatic rings. The molecular formula is C16H28N2O2. The molecule has 2 aliphatic rings. The number of nitrogens with zero attached hydrogens (tertiary/aromatic N) is 2. The van der Waals surface area contributed by atoms with Crippen molar-refractivity contribution in [2.24, 2.45) is 0 Å². The molecule has 2 heterocycles. The zero-order valence-electron chi connectivity index (χ0n) is 13.5.